The van der Waals surface area contributed by atoms with Gasteiger partial charge in [0, 0.05) is 38.0 Å². The summed E-state index contributed by atoms with van der Waals surface area (Å²) in [5.74, 6) is 1.64. The summed E-state index contributed by atoms with van der Waals surface area (Å²) in [6.07, 6.45) is 6.92. The smallest absolute Gasteiger partial charge is 0.247 e. The van der Waals surface area contributed by atoms with Crippen molar-refractivity contribution in [3.8, 4) is 17.0 Å². The van der Waals surface area contributed by atoms with Crippen LogP contribution < -0.4 is 11.1 Å². The van der Waals surface area contributed by atoms with Crippen LogP contribution in [0.5, 0.6) is 5.75 Å². The third-order valence-electron chi connectivity index (χ3n) is 6.27. The van der Waals surface area contributed by atoms with Crippen LogP contribution >= 0.6 is 0 Å². The Balaban J connectivity index is 0.000000387. The van der Waals surface area contributed by atoms with Crippen molar-refractivity contribution in [1.29, 1.82) is 0 Å². The Labute approximate surface area is 203 Å². The van der Waals surface area contributed by atoms with Gasteiger partial charge in [0.2, 0.25) is 5.91 Å². The molecule has 0 saturated heterocycles. The minimum Gasteiger partial charge on any atom is -0.506 e. The zero-order valence-electron chi connectivity index (χ0n) is 21.1. The van der Waals surface area contributed by atoms with E-state index in [1.165, 1.54) is 31.5 Å². The van der Waals surface area contributed by atoms with Crippen LogP contribution in [-0.4, -0.2) is 46.5 Å². The highest BCUT2D eigenvalue weighted by Gasteiger charge is 2.45. The van der Waals surface area contributed by atoms with Gasteiger partial charge in [-0.15, -0.1) is 0 Å². The molecule has 186 valence electrons. The lowest BCUT2D eigenvalue weighted by Gasteiger charge is -2.15. The molecule has 1 amide bonds. The largest absolute Gasteiger partial charge is 0.506 e. The Kier molecular flexibility index (Phi) is 8.32. The fourth-order valence-electron chi connectivity index (χ4n) is 3.90. The molecule has 2 fully saturated rings. The van der Waals surface area contributed by atoms with E-state index in [2.05, 4.69) is 41.6 Å². The fourth-order valence-corrected chi connectivity index (χ4v) is 4.66. The number of amides is 1. The van der Waals surface area contributed by atoms with Gasteiger partial charge in [0.15, 0.2) is 0 Å². The summed E-state index contributed by atoms with van der Waals surface area (Å²) in [6, 6.07) is 3.16. The first kappa shape index (κ1) is 26.1. The highest BCUT2D eigenvalue weighted by atomic mass is 28.3. The minimum absolute atomic E-state index is 0.0257. The number of anilines is 1. The summed E-state index contributed by atoms with van der Waals surface area (Å²) in [5, 5.41) is 17.5. The molecule has 2 aromatic rings. The topological polar surface area (TPSA) is 115 Å². The predicted octanol–water partition coefficient (Wildman–Crippen LogP) is 4.45. The fraction of sp³-hybridized carbons (Fsp3) is 0.560. The number of nitrogens with zero attached hydrogens (tertiary/aromatic N) is 3. The predicted molar refractivity (Wildman–Crippen MR) is 138 cm³/mol. The number of nitrogens with two attached hydrogens (primary N) is 1. The summed E-state index contributed by atoms with van der Waals surface area (Å²) in [7, 11) is -1.13. The average Bonchev–Trinajstić information content (AvgIpc) is 3.67. The van der Waals surface area contributed by atoms with Crippen molar-refractivity contribution in [2.45, 2.75) is 71.6 Å². The van der Waals surface area contributed by atoms with E-state index in [1.807, 2.05) is 13.8 Å². The number of hydrogen-bond acceptors (Lipinski definition) is 6. The molecule has 2 aromatic heterocycles. The van der Waals surface area contributed by atoms with Crippen molar-refractivity contribution in [3.63, 3.8) is 0 Å². The van der Waals surface area contributed by atoms with Gasteiger partial charge in [0.05, 0.1) is 17.6 Å². The maximum atomic E-state index is 11.4. The highest BCUT2D eigenvalue weighted by molar-refractivity contribution is 6.76. The number of aromatic nitrogens is 3. The number of ether oxygens (including phenoxy) is 1. The standard InChI is InChI=1S/C19H28N4O3Si.C6H11N/c1-7-17(25)21-15-10-16(24)19(20-11-15)18-13(2)22-23(14(18)3)12-26-8-9-27(4,5)6;7-6-3-5(6)4-1-2-4/h7,10-11,24H,1,8-9,12H2,2-6H3,(H,21,25);4-6H,1-3,7H2/t;5?,6-/m.0/s1. The van der Waals surface area contributed by atoms with Gasteiger partial charge >= 0.3 is 0 Å². The Morgan fingerprint density at radius 3 is 2.56 bits per heavy atom. The first-order valence-electron chi connectivity index (χ1n) is 12.0. The Morgan fingerprint density at radius 2 is 2.06 bits per heavy atom. The summed E-state index contributed by atoms with van der Waals surface area (Å²) in [6.45, 7) is 15.2. The van der Waals surface area contributed by atoms with Crippen LogP contribution in [0.15, 0.2) is 24.9 Å². The Hall–Kier alpha value is -2.49. The molecule has 1 unspecified atom stereocenters. The van der Waals surface area contributed by atoms with Crippen LogP contribution in [0.2, 0.25) is 25.7 Å². The lowest BCUT2D eigenvalue weighted by Crippen LogP contribution is -2.22. The van der Waals surface area contributed by atoms with E-state index in [0.29, 0.717) is 30.8 Å². The van der Waals surface area contributed by atoms with Crippen molar-refractivity contribution in [3.05, 3.63) is 36.3 Å². The first-order valence-corrected chi connectivity index (χ1v) is 15.7. The number of carbonyl (C=O) groups excluding carboxylic acids is 1. The van der Waals surface area contributed by atoms with E-state index >= 15 is 0 Å². The molecule has 4 rings (SSSR count). The van der Waals surface area contributed by atoms with E-state index in [1.54, 1.807) is 4.68 Å². The maximum Gasteiger partial charge on any atom is 0.247 e. The third-order valence-corrected chi connectivity index (χ3v) is 7.97. The second-order valence-electron chi connectivity index (χ2n) is 10.6. The van der Waals surface area contributed by atoms with Gasteiger partial charge in [0.1, 0.15) is 18.2 Å². The van der Waals surface area contributed by atoms with E-state index in [9.17, 15) is 9.90 Å². The molecule has 34 heavy (non-hydrogen) atoms. The van der Waals surface area contributed by atoms with Crippen LogP contribution in [0.25, 0.3) is 11.3 Å². The van der Waals surface area contributed by atoms with E-state index in [0.717, 1.165) is 40.9 Å². The second-order valence-corrected chi connectivity index (χ2v) is 16.2. The molecule has 0 bridgehead atoms. The van der Waals surface area contributed by atoms with Crippen molar-refractivity contribution in [1.82, 2.24) is 14.8 Å². The number of nitrogens with one attached hydrogen (secondary N) is 1. The van der Waals surface area contributed by atoms with Crippen molar-refractivity contribution < 1.29 is 14.6 Å². The lowest BCUT2D eigenvalue weighted by molar-refractivity contribution is -0.111. The monoisotopic (exact) mass is 485 g/mol. The van der Waals surface area contributed by atoms with Crippen LogP contribution in [0.3, 0.4) is 0 Å². The minimum atomic E-state index is -1.13. The molecule has 2 saturated carbocycles. The lowest BCUT2D eigenvalue weighted by atomic mass is 10.1. The van der Waals surface area contributed by atoms with Crippen molar-refractivity contribution in [2.75, 3.05) is 11.9 Å². The molecular formula is C25H39N5O3Si. The number of carbonyl (C=O) groups is 1. The van der Waals surface area contributed by atoms with Gasteiger partial charge in [-0.25, -0.2) is 4.68 Å². The molecule has 4 N–H and O–H groups in total. The zero-order chi connectivity index (χ0) is 25.0. The van der Waals surface area contributed by atoms with Crippen LogP contribution in [-0.2, 0) is 16.3 Å². The quantitative estimate of drug-likeness (QED) is 0.275. The SMILES string of the molecule is C=CC(=O)Nc1cnc(-c2c(C)nn(COCC[Si](C)(C)C)c2C)c(O)c1.N[C@H]1CC1C1CC1. The molecule has 0 spiro atoms. The number of pyridine rings is 1. The highest BCUT2D eigenvalue weighted by Crippen LogP contribution is 2.48. The molecule has 0 radical (unpaired) electrons. The van der Waals surface area contributed by atoms with Crippen molar-refractivity contribution >= 4 is 19.7 Å². The summed E-state index contributed by atoms with van der Waals surface area (Å²) in [4.78, 5) is 15.7. The van der Waals surface area contributed by atoms with Gasteiger partial charge in [-0.05, 0) is 57.1 Å². The summed E-state index contributed by atoms with van der Waals surface area (Å²) in [5.41, 5.74) is 8.82. The molecule has 8 nitrogen and oxygen atoms in total. The zero-order valence-corrected chi connectivity index (χ0v) is 22.1. The number of rotatable bonds is 9. The maximum absolute atomic E-state index is 11.4. The first-order chi connectivity index (χ1) is 16.0. The van der Waals surface area contributed by atoms with E-state index < -0.39 is 8.07 Å². The number of hydrogen-bond donors (Lipinski definition) is 3. The van der Waals surface area contributed by atoms with Gasteiger partial charge in [-0.2, -0.15) is 5.10 Å². The molecule has 2 aliphatic carbocycles. The van der Waals surface area contributed by atoms with Crippen molar-refractivity contribution in [2.24, 2.45) is 17.6 Å². The second kappa shape index (κ2) is 10.8. The van der Waals surface area contributed by atoms with Crippen LogP contribution in [0.4, 0.5) is 5.69 Å². The van der Waals surface area contributed by atoms with E-state index in [4.69, 9.17) is 10.5 Å². The van der Waals surface area contributed by atoms with Gasteiger partial charge < -0.3 is 20.9 Å². The number of aromatic hydroxyl groups is 1. The molecular weight excluding hydrogens is 446 g/mol. The van der Waals surface area contributed by atoms with E-state index in [-0.39, 0.29) is 11.7 Å². The molecule has 2 aliphatic rings. The number of aryl methyl sites for hydroxylation is 1. The third kappa shape index (κ3) is 7.25. The molecule has 0 aliphatic heterocycles. The molecule has 9 heteroatoms. The van der Waals surface area contributed by atoms with Gasteiger partial charge in [-0.1, -0.05) is 26.2 Å². The molecule has 2 heterocycles. The van der Waals surface area contributed by atoms with Gasteiger partial charge in [-0.3, -0.25) is 9.78 Å². The average molecular weight is 486 g/mol. The molecule has 0 aromatic carbocycles. The Bertz CT molecular complexity index is 1030. The summed E-state index contributed by atoms with van der Waals surface area (Å²) >= 11 is 0. The summed E-state index contributed by atoms with van der Waals surface area (Å²) < 4.78 is 7.56. The van der Waals surface area contributed by atoms with Crippen LogP contribution in [0, 0.1) is 25.7 Å². The van der Waals surface area contributed by atoms with Gasteiger partial charge in [0.25, 0.3) is 0 Å². The normalized spacial score (nSPS) is 19.2. The van der Waals surface area contributed by atoms with Crippen LogP contribution in [0.1, 0.15) is 30.7 Å². The molecule has 2 atom stereocenters. The Morgan fingerprint density at radius 1 is 1.38 bits per heavy atom.